The molecule has 0 rings (SSSR count). The molecule has 0 fully saturated rings. The number of aliphatic hydroxyl groups excluding tert-OH is 2. The number of hydrogen-bond donors (Lipinski definition) is 3. The van der Waals surface area contributed by atoms with Crippen molar-refractivity contribution in [1.29, 1.82) is 0 Å². The van der Waals surface area contributed by atoms with Crippen LogP contribution in [0.4, 0.5) is 0 Å². The Balaban J connectivity index is 3.34. The highest BCUT2D eigenvalue weighted by Gasteiger charge is 2.20. The smallest absolute Gasteiger partial charge is 0.305 e. The van der Waals surface area contributed by atoms with Crippen molar-refractivity contribution in [1.82, 2.24) is 5.32 Å². The van der Waals surface area contributed by atoms with Crippen LogP contribution in [0.15, 0.2) is 12.2 Å². The van der Waals surface area contributed by atoms with E-state index in [0.717, 1.165) is 38.5 Å². The van der Waals surface area contributed by atoms with E-state index >= 15 is 0 Å². The Morgan fingerprint density at radius 2 is 0.653 bits per heavy atom. The monoisotopic (exact) mass is 1020 g/mol. The number of unbranched alkanes of at least 4 members (excludes halogenated alkanes) is 49. The Kier molecular flexibility index (Phi) is 60.9. The number of allylic oxidation sites excluding steroid dienone is 2. The van der Waals surface area contributed by atoms with Gasteiger partial charge in [0.2, 0.25) is 5.91 Å². The highest BCUT2D eigenvalue weighted by Crippen LogP contribution is 2.18. The van der Waals surface area contributed by atoms with Crippen molar-refractivity contribution in [2.75, 3.05) is 13.2 Å². The first kappa shape index (κ1) is 70.6. The summed E-state index contributed by atoms with van der Waals surface area (Å²) in [5, 5.41) is 23.3. The molecule has 0 aliphatic rings. The van der Waals surface area contributed by atoms with Crippen LogP contribution in [0.25, 0.3) is 0 Å². The van der Waals surface area contributed by atoms with E-state index in [4.69, 9.17) is 4.74 Å². The van der Waals surface area contributed by atoms with Gasteiger partial charge in [-0.3, -0.25) is 9.59 Å². The third-order valence-electron chi connectivity index (χ3n) is 15.6. The van der Waals surface area contributed by atoms with Crippen LogP contribution in [0.2, 0.25) is 0 Å². The van der Waals surface area contributed by atoms with Gasteiger partial charge in [0.05, 0.1) is 25.4 Å². The molecule has 0 aliphatic carbocycles. The molecule has 0 heterocycles. The highest BCUT2D eigenvalue weighted by molar-refractivity contribution is 5.76. The molecule has 6 nitrogen and oxygen atoms in total. The molecule has 0 aromatic carbocycles. The summed E-state index contributed by atoms with van der Waals surface area (Å²) in [6.45, 7) is 4.97. The standard InChI is InChI=1S/C66H129NO5/c1-3-5-7-9-11-13-15-35-39-42-46-50-54-58-64(69)63(62-68)67-65(70)59-55-51-47-43-40-36-33-31-29-27-25-23-21-19-17-16-18-20-22-24-26-28-30-32-34-37-41-45-49-53-57-61-72-66(71)60-56-52-48-44-38-14-12-10-8-6-4-2/h18,20,63-64,68-69H,3-17,19,21-62H2,1-2H3,(H,67,70)/b20-18-. The topological polar surface area (TPSA) is 95.9 Å². The van der Waals surface area contributed by atoms with Crippen LogP contribution >= 0.6 is 0 Å². The van der Waals surface area contributed by atoms with E-state index < -0.39 is 12.1 Å². The van der Waals surface area contributed by atoms with Crippen LogP contribution in [0.1, 0.15) is 373 Å². The summed E-state index contributed by atoms with van der Waals surface area (Å²) in [5.74, 6) is -0.0129. The number of rotatable bonds is 62. The Labute approximate surface area is 450 Å². The first-order valence-electron chi connectivity index (χ1n) is 32.9. The number of amides is 1. The van der Waals surface area contributed by atoms with E-state index in [-0.39, 0.29) is 18.5 Å². The van der Waals surface area contributed by atoms with Crippen molar-refractivity contribution < 1.29 is 24.5 Å². The van der Waals surface area contributed by atoms with Crippen LogP contribution in [-0.2, 0) is 14.3 Å². The van der Waals surface area contributed by atoms with Gasteiger partial charge in [-0.2, -0.15) is 0 Å². The predicted molar refractivity (Wildman–Crippen MR) is 315 cm³/mol. The van der Waals surface area contributed by atoms with Crippen LogP contribution in [-0.4, -0.2) is 47.4 Å². The van der Waals surface area contributed by atoms with E-state index in [2.05, 4.69) is 31.3 Å². The van der Waals surface area contributed by atoms with Crippen LogP contribution < -0.4 is 5.32 Å². The van der Waals surface area contributed by atoms with Crippen LogP contribution in [0.3, 0.4) is 0 Å². The average Bonchev–Trinajstić information content (AvgIpc) is 3.38. The normalized spacial score (nSPS) is 12.6. The maximum atomic E-state index is 12.5. The molecule has 0 aromatic heterocycles. The third-order valence-corrected chi connectivity index (χ3v) is 15.6. The second-order valence-corrected chi connectivity index (χ2v) is 22.8. The fraction of sp³-hybridized carbons (Fsp3) is 0.939. The minimum atomic E-state index is -0.661. The van der Waals surface area contributed by atoms with E-state index in [1.54, 1.807) is 0 Å². The summed E-state index contributed by atoms with van der Waals surface area (Å²) >= 11 is 0. The number of aliphatic hydroxyl groups is 2. The molecular weight excluding hydrogens is 887 g/mol. The molecule has 6 heteroatoms. The van der Waals surface area contributed by atoms with Crippen molar-refractivity contribution in [3.05, 3.63) is 12.2 Å². The van der Waals surface area contributed by atoms with Gasteiger partial charge in [-0.05, 0) is 51.4 Å². The summed E-state index contributed by atoms with van der Waals surface area (Å²) in [4.78, 5) is 24.5. The molecule has 0 aliphatic heterocycles. The molecule has 2 unspecified atom stereocenters. The molecule has 1 amide bonds. The summed E-state index contributed by atoms with van der Waals surface area (Å²) < 4.78 is 5.47. The Morgan fingerprint density at radius 1 is 0.375 bits per heavy atom. The zero-order chi connectivity index (χ0) is 52.2. The summed E-state index contributed by atoms with van der Waals surface area (Å²) in [7, 11) is 0. The number of carbonyl (C=O) groups excluding carboxylic acids is 2. The zero-order valence-electron chi connectivity index (χ0n) is 48.9. The lowest BCUT2D eigenvalue weighted by Crippen LogP contribution is -2.45. The molecule has 0 aromatic rings. The molecule has 0 radical (unpaired) electrons. The lowest BCUT2D eigenvalue weighted by molar-refractivity contribution is -0.143. The average molecular weight is 1020 g/mol. The molecule has 0 bridgehead atoms. The lowest BCUT2D eigenvalue weighted by atomic mass is 10.0. The fourth-order valence-electron chi connectivity index (χ4n) is 10.5. The third kappa shape index (κ3) is 57.9. The molecule has 72 heavy (non-hydrogen) atoms. The second-order valence-electron chi connectivity index (χ2n) is 22.8. The first-order valence-corrected chi connectivity index (χ1v) is 32.9. The second kappa shape index (κ2) is 62.1. The van der Waals surface area contributed by atoms with Gasteiger partial charge in [0, 0.05) is 12.8 Å². The van der Waals surface area contributed by atoms with Gasteiger partial charge in [0.1, 0.15) is 0 Å². The Hall–Kier alpha value is -1.40. The van der Waals surface area contributed by atoms with Gasteiger partial charge in [-0.1, -0.05) is 321 Å². The van der Waals surface area contributed by atoms with Gasteiger partial charge < -0.3 is 20.3 Å². The number of nitrogens with one attached hydrogen (secondary N) is 1. The molecule has 428 valence electrons. The van der Waals surface area contributed by atoms with Crippen LogP contribution in [0.5, 0.6) is 0 Å². The first-order chi connectivity index (χ1) is 35.5. The largest absolute Gasteiger partial charge is 0.466 e. The number of hydrogen-bond acceptors (Lipinski definition) is 5. The molecule has 0 saturated carbocycles. The minimum absolute atomic E-state index is 0.0179. The van der Waals surface area contributed by atoms with Gasteiger partial charge >= 0.3 is 5.97 Å². The highest BCUT2D eigenvalue weighted by atomic mass is 16.5. The van der Waals surface area contributed by atoms with E-state index in [1.165, 1.54) is 302 Å². The number of carbonyl (C=O) groups is 2. The van der Waals surface area contributed by atoms with Crippen molar-refractivity contribution in [3.63, 3.8) is 0 Å². The van der Waals surface area contributed by atoms with E-state index in [1.807, 2.05) is 0 Å². The van der Waals surface area contributed by atoms with Gasteiger partial charge in [0.25, 0.3) is 0 Å². The molecule has 2 atom stereocenters. The number of esters is 1. The van der Waals surface area contributed by atoms with Crippen LogP contribution in [0, 0.1) is 0 Å². The van der Waals surface area contributed by atoms with Gasteiger partial charge in [0.15, 0.2) is 0 Å². The molecular formula is C66H129NO5. The van der Waals surface area contributed by atoms with Crippen molar-refractivity contribution in [2.24, 2.45) is 0 Å². The van der Waals surface area contributed by atoms with E-state index in [9.17, 15) is 19.8 Å². The minimum Gasteiger partial charge on any atom is -0.466 e. The van der Waals surface area contributed by atoms with Crippen molar-refractivity contribution in [3.8, 4) is 0 Å². The molecule has 0 saturated heterocycles. The van der Waals surface area contributed by atoms with Crippen molar-refractivity contribution in [2.45, 2.75) is 386 Å². The zero-order valence-corrected chi connectivity index (χ0v) is 48.9. The Morgan fingerprint density at radius 3 is 0.986 bits per heavy atom. The summed E-state index contributed by atoms with van der Waals surface area (Å²) in [5.41, 5.74) is 0. The Bertz CT molecular complexity index is 1080. The maximum Gasteiger partial charge on any atom is 0.305 e. The predicted octanol–water partition coefficient (Wildman–Crippen LogP) is 20.8. The molecule has 0 spiro atoms. The van der Waals surface area contributed by atoms with Crippen molar-refractivity contribution >= 4 is 11.9 Å². The van der Waals surface area contributed by atoms with E-state index in [0.29, 0.717) is 25.9 Å². The summed E-state index contributed by atoms with van der Waals surface area (Å²) in [6, 6.07) is -0.538. The van der Waals surface area contributed by atoms with Gasteiger partial charge in [-0.15, -0.1) is 0 Å². The maximum absolute atomic E-state index is 12.5. The fourth-order valence-corrected chi connectivity index (χ4v) is 10.5. The SMILES string of the molecule is CCCCCCCCCCCCCCCC(O)C(CO)NC(=O)CCCCCCCCCCCCCCCCC/C=C\CCCCCCCCCCCCCCOC(=O)CCCCCCCCCCCCC. The summed E-state index contributed by atoms with van der Waals surface area (Å²) in [6.07, 6.45) is 75.4. The molecule has 3 N–H and O–H groups in total. The van der Waals surface area contributed by atoms with Gasteiger partial charge in [-0.25, -0.2) is 0 Å². The quantitative estimate of drug-likeness (QED) is 0.0320. The lowest BCUT2D eigenvalue weighted by Gasteiger charge is -2.22. The number of ether oxygens (including phenoxy) is 1.